The van der Waals surface area contributed by atoms with Crippen LogP contribution in [0.25, 0.3) is 10.4 Å². The molecule has 1 nitrogen and oxygen atoms in total. The molecule has 1 aromatic heterocycles. The molecule has 0 fully saturated rings. The van der Waals surface area contributed by atoms with Crippen LogP contribution in [-0.2, 0) is 0 Å². The monoisotopic (exact) mass is 309 g/mol. The van der Waals surface area contributed by atoms with E-state index in [9.17, 15) is 0 Å². The topological polar surface area (TPSA) is 26.0 Å². The van der Waals surface area contributed by atoms with Gasteiger partial charge in [-0.15, -0.1) is 11.3 Å². The molecule has 2 aromatic rings. The van der Waals surface area contributed by atoms with Gasteiger partial charge in [-0.05, 0) is 37.1 Å². The van der Waals surface area contributed by atoms with E-state index in [4.69, 9.17) is 5.73 Å². The van der Waals surface area contributed by atoms with Gasteiger partial charge in [0.2, 0.25) is 0 Å². The molecular formula is C14H16BrNS. The van der Waals surface area contributed by atoms with Gasteiger partial charge in [-0.25, -0.2) is 0 Å². The van der Waals surface area contributed by atoms with E-state index in [1.807, 2.05) is 0 Å². The first-order valence-electron chi connectivity index (χ1n) is 5.73. The molecule has 1 atom stereocenters. The molecule has 0 saturated heterocycles. The Morgan fingerprint density at radius 3 is 2.71 bits per heavy atom. The fraction of sp³-hybridized carbons (Fsp3) is 0.286. The van der Waals surface area contributed by atoms with Gasteiger partial charge in [0.15, 0.2) is 0 Å². The zero-order valence-electron chi connectivity index (χ0n) is 10.0. The number of hydrogen-bond donors (Lipinski definition) is 1. The van der Waals surface area contributed by atoms with Crippen LogP contribution in [0.5, 0.6) is 0 Å². The molecule has 0 amide bonds. The van der Waals surface area contributed by atoms with Crippen molar-refractivity contribution in [2.45, 2.75) is 26.3 Å². The minimum atomic E-state index is 0.165. The van der Waals surface area contributed by atoms with Crippen molar-refractivity contribution in [1.29, 1.82) is 0 Å². The number of aryl methyl sites for hydroxylation is 1. The molecule has 0 saturated carbocycles. The molecule has 0 aliphatic heterocycles. The molecule has 1 heterocycles. The molecule has 2 rings (SSSR count). The molecule has 1 aromatic carbocycles. The normalized spacial score (nSPS) is 12.7. The lowest BCUT2D eigenvalue weighted by atomic mass is 10.1. The quantitative estimate of drug-likeness (QED) is 0.857. The van der Waals surface area contributed by atoms with Crippen LogP contribution in [0, 0.1) is 6.92 Å². The molecule has 0 radical (unpaired) electrons. The molecule has 0 bridgehead atoms. The van der Waals surface area contributed by atoms with E-state index in [1.165, 1.54) is 20.9 Å². The predicted octanol–water partition coefficient (Wildman–Crippen LogP) is 4.90. The number of nitrogens with two attached hydrogens (primary N) is 1. The summed E-state index contributed by atoms with van der Waals surface area (Å²) in [6.45, 7) is 4.22. The van der Waals surface area contributed by atoms with Gasteiger partial charge >= 0.3 is 0 Å². The molecular weight excluding hydrogens is 294 g/mol. The Kier molecular flexibility index (Phi) is 4.02. The Labute approximate surface area is 115 Å². The Morgan fingerprint density at radius 2 is 2.06 bits per heavy atom. The zero-order chi connectivity index (χ0) is 12.4. The van der Waals surface area contributed by atoms with Crippen molar-refractivity contribution in [3.63, 3.8) is 0 Å². The summed E-state index contributed by atoms with van der Waals surface area (Å²) >= 11 is 5.41. The lowest BCUT2D eigenvalue weighted by molar-refractivity contribution is 0.712. The highest BCUT2D eigenvalue weighted by Crippen LogP contribution is 2.36. The second kappa shape index (κ2) is 5.34. The number of benzene rings is 1. The summed E-state index contributed by atoms with van der Waals surface area (Å²) in [6.07, 6.45) is 0.981. The van der Waals surface area contributed by atoms with Crippen molar-refractivity contribution in [2.24, 2.45) is 5.73 Å². The van der Waals surface area contributed by atoms with Crippen molar-refractivity contribution in [3.05, 3.63) is 45.2 Å². The van der Waals surface area contributed by atoms with Crippen LogP contribution < -0.4 is 5.73 Å². The Morgan fingerprint density at radius 1 is 1.29 bits per heavy atom. The van der Waals surface area contributed by atoms with Crippen LogP contribution in [0.2, 0.25) is 0 Å². The molecule has 2 N–H and O–H groups in total. The van der Waals surface area contributed by atoms with Crippen molar-refractivity contribution in [3.8, 4) is 10.4 Å². The summed E-state index contributed by atoms with van der Waals surface area (Å²) in [5.74, 6) is 0. The molecule has 3 heteroatoms. The Balaban J connectivity index is 2.37. The highest BCUT2D eigenvalue weighted by atomic mass is 79.9. The van der Waals surface area contributed by atoms with Crippen molar-refractivity contribution >= 4 is 27.3 Å². The largest absolute Gasteiger partial charge is 0.323 e. The zero-order valence-corrected chi connectivity index (χ0v) is 12.4. The van der Waals surface area contributed by atoms with Crippen LogP contribution >= 0.6 is 27.3 Å². The third-order valence-electron chi connectivity index (χ3n) is 2.82. The average molecular weight is 310 g/mol. The van der Waals surface area contributed by atoms with Gasteiger partial charge < -0.3 is 5.73 Å². The second-order valence-corrected chi connectivity index (χ2v) is 6.17. The fourth-order valence-corrected chi connectivity index (χ4v) is 3.69. The van der Waals surface area contributed by atoms with Gasteiger partial charge in [0, 0.05) is 25.8 Å². The maximum atomic E-state index is 6.05. The summed E-state index contributed by atoms with van der Waals surface area (Å²) in [7, 11) is 0. The van der Waals surface area contributed by atoms with E-state index in [0.717, 1.165) is 10.9 Å². The summed E-state index contributed by atoms with van der Waals surface area (Å²) in [4.78, 5) is 2.53. The van der Waals surface area contributed by atoms with Crippen LogP contribution in [0.3, 0.4) is 0 Å². The molecule has 0 aliphatic rings. The van der Waals surface area contributed by atoms with Gasteiger partial charge in [0.1, 0.15) is 0 Å². The molecule has 1 unspecified atom stereocenters. The van der Waals surface area contributed by atoms with Crippen molar-refractivity contribution in [1.82, 2.24) is 0 Å². The summed E-state index contributed by atoms with van der Waals surface area (Å²) < 4.78 is 1.15. The van der Waals surface area contributed by atoms with E-state index in [0.29, 0.717) is 0 Å². The second-order valence-electron chi connectivity index (χ2n) is 4.20. The van der Waals surface area contributed by atoms with E-state index in [-0.39, 0.29) is 6.04 Å². The molecule has 90 valence electrons. The smallest absolute Gasteiger partial charge is 0.0387 e. The maximum Gasteiger partial charge on any atom is 0.0387 e. The number of halogens is 1. The highest BCUT2D eigenvalue weighted by Gasteiger charge is 2.10. The fourth-order valence-electron chi connectivity index (χ4n) is 1.72. The third-order valence-corrected chi connectivity index (χ3v) is 4.73. The van der Waals surface area contributed by atoms with Gasteiger partial charge in [-0.2, -0.15) is 0 Å². The first-order chi connectivity index (χ1) is 8.11. The predicted molar refractivity (Wildman–Crippen MR) is 79.4 cm³/mol. The average Bonchev–Trinajstić information content (AvgIpc) is 2.77. The summed E-state index contributed by atoms with van der Waals surface area (Å²) in [5.41, 5.74) is 8.56. The lowest BCUT2D eigenvalue weighted by Gasteiger charge is -2.05. The minimum Gasteiger partial charge on any atom is -0.323 e. The Bertz CT molecular complexity index is 519. The lowest BCUT2D eigenvalue weighted by Crippen LogP contribution is -2.05. The SMILES string of the molecule is CCC(N)c1ccc(-c2ccc(C)cc2Br)s1. The van der Waals surface area contributed by atoms with E-state index >= 15 is 0 Å². The van der Waals surface area contributed by atoms with Gasteiger partial charge in [0.05, 0.1) is 0 Å². The first-order valence-corrected chi connectivity index (χ1v) is 7.34. The molecule has 0 spiro atoms. The van der Waals surface area contributed by atoms with E-state index < -0.39 is 0 Å². The van der Waals surface area contributed by atoms with Crippen LogP contribution in [0.1, 0.15) is 29.8 Å². The molecule has 17 heavy (non-hydrogen) atoms. The summed E-state index contributed by atoms with van der Waals surface area (Å²) in [5, 5.41) is 0. The van der Waals surface area contributed by atoms with Gasteiger partial charge in [0.25, 0.3) is 0 Å². The Hall–Kier alpha value is -0.640. The van der Waals surface area contributed by atoms with Crippen molar-refractivity contribution < 1.29 is 0 Å². The maximum absolute atomic E-state index is 6.05. The third kappa shape index (κ3) is 2.79. The van der Waals surface area contributed by atoms with Crippen LogP contribution in [0.15, 0.2) is 34.8 Å². The van der Waals surface area contributed by atoms with Gasteiger partial charge in [-0.1, -0.05) is 35.0 Å². The molecule has 0 aliphatic carbocycles. The number of rotatable bonds is 3. The van der Waals surface area contributed by atoms with Crippen LogP contribution in [-0.4, -0.2) is 0 Å². The van der Waals surface area contributed by atoms with Crippen molar-refractivity contribution in [2.75, 3.05) is 0 Å². The minimum absolute atomic E-state index is 0.165. The standard InChI is InChI=1S/C14H16BrNS/c1-3-12(16)14-7-6-13(17-14)10-5-4-9(2)8-11(10)15/h4-8,12H,3,16H2,1-2H3. The highest BCUT2D eigenvalue weighted by molar-refractivity contribution is 9.10. The number of hydrogen-bond acceptors (Lipinski definition) is 2. The first kappa shape index (κ1) is 12.8. The van der Waals surface area contributed by atoms with E-state index in [2.05, 4.69) is 60.1 Å². The number of thiophene rings is 1. The summed E-state index contributed by atoms with van der Waals surface area (Å²) in [6, 6.07) is 10.9. The van der Waals surface area contributed by atoms with E-state index in [1.54, 1.807) is 11.3 Å². The van der Waals surface area contributed by atoms with Gasteiger partial charge in [-0.3, -0.25) is 0 Å². The van der Waals surface area contributed by atoms with Crippen LogP contribution in [0.4, 0.5) is 0 Å².